The Balaban J connectivity index is 2.39. The van der Waals surface area contributed by atoms with Crippen molar-refractivity contribution in [1.29, 1.82) is 0 Å². The van der Waals surface area contributed by atoms with E-state index in [0.29, 0.717) is 0 Å². The predicted molar refractivity (Wildman–Crippen MR) is 144 cm³/mol. The Morgan fingerprint density at radius 1 is 0.806 bits per heavy atom. The van der Waals surface area contributed by atoms with Crippen molar-refractivity contribution in [2.24, 2.45) is 0 Å². The first-order valence-corrected chi connectivity index (χ1v) is 18.1. The standard InChI is InChI=1S/C28H42OSi2/c1-27(2,3)21-18-23(28(4,5)6)26(29-30(7,8)9)25(19-21)31(10,11)24-17-13-15-20-14-12-16-22(20)24/h12-13,15-19H,14H2,1-11H3. The smallest absolute Gasteiger partial charge is 0.242 e. The van der Waals surface area contributed by atoms with Crippen LogP contribution < -0.4 is 14.8 Å². The summed E-state index contributed by atoms with van der Waals surface area (Å²) >= 11 is 0. The highest BCUT2D eigenvalue weighted by atomic mass is 28.4. The van der Waals surface area contributed by atoms with Gasteiger partial charge in [-0.2, -0.15) is 0 Å². The summed E-state index contributed by atoms with van der Waals surface area (Å²) in [5.74, 6) is 1.18. The summed E-state index contributed by atoms with van der Waals surface area (Å²) in [6.07, 6.45) is 5.71. The summed E-state index contributed by atoms with van der Waals surface area (Å²) in [6, 6.07) is 11.8. The molecule has 0 atom stereocenters. The molecule has 0 heterocycles. The first-order valence-electron chi connectivity index (χ1n) is 11.7. The van der Waals surface area contributed by atoms with Crippen LogP contribution in [0.2, 0.25) is 32.7 Å². The Kier molecular flexibility index (Phi) is 6.03. The lowest BCUT2D eigenvalue weighted by Crippen LogP contribution is -2.56. The Morgan fingerprint density at radius 2 is 1.45 bits per heavy atom. The van der Waals surface area contributed by atoms with Gasteiger partial charge in [0.2, 0.25) is 8.32 Å². The molecule has 0 saturated carbocycles. The molecule has 1 aliphatic carbocycles. The van der Waals surface area contributed by atoms with Gasteiger partial charge in [-0.1, -0.05) is 97.1 Å². The summed E-state index contributed by atoms with van der Waals surface area (Å²) in [7, 11) is -3.83. The first-order chi connectivity index (χ1) is 14.0. The van der Waals surface area contributed by atoms with Gasteiger partial charge < -0.3 is 4.43 Å². The fourth-order valence-corrected chi connectivity index (χ4v) is 8.41. The number of rotatable bonds is 4. The molecular formula is C28H42OSi2. The van der Waals surface area contributed by atoms with Crippen LogP contribution in [0.4, 0.5) is 0 Å². The van der Waals surface area contributed by atoms with Crippen LogP contribution in [-0.2, 0) is 17.3 Å². The van der Waals surface area contributed by atoms with Crippen LogP contribution >= 0.6 is 0 Å². The van der Waals surface area contributed by atoms with E-state index in [1.807, 2.05) is 0 Å². The average Bonchev–Trinajstić information content (AvgIpc) is 3.06. The van der Waals surface area contributed by atoms with Gasteiger partial charge in [-0.05, 0) is 69.5 Å². The van der Waals surface area contributed by atoms with E-state index in [-0.39, 0.29) is 10.8 Å². The van der Waals surface area contributed by atoms with Crippen LogP contribution in [0.3, 0.4) is 0 Å². The molecule has 168 valence electrons. The maximum Gasteiger partial charge on any atom is 0.242 e. The van der Waals surface area contributed by atoms with Crippen molar-refractivity contribution in [3.63, 3.8) is 0 Å². The topological polar surface area (TPSA) is 9.23 Å². The summed E-state index contributed by atoms with van der Waals surface area (Å²) in [4.78, 5) is 0. The highest BCUT2D eigenvalue weighted by molar-refractivity contribution is 7.01. The molecule has 0 unspecified atom stereocenters. The largest absolute Gasteiger partial charge is 0.544 e. The van der Waals surface area contributed by atoms with Gasteiger partial charge in [-0.3, -0.25) is 0 Å². The van der Waals surface area contributed by atoms with Crippen molar-refractivity contribution >= 4 is 32.8 Å². The number of hydrogen-bond acceptors (Lipinski definition) is 1. The summed E-state index contributed by atoms with van der Waals surface area (Å²) in [5, 5.41) is 2.99. The highest BCUT2D eigenvalue weighted by Crippen LogP contribution is 2.37. The molecule has 0 radical (unpaired) electrons. The van der Waals surface area contributed by atoms with Crippen molar-refractivity contribution in [3.05, 3.63) is 58.7 Å². The van der Waals surface area contributed by atoms with E-state index in [4.69, 9.17) is 4.43 Å². The Hall–Kier alpha value is -1.59. The van der Waals surface area contributed by atoms with Gasteiger partial charge in [0.25, 0.3) is 0 Å². The molecular weight excluding hydrogens is 408 g/mol. The molecule has 3 heteroatoms. The van der Waals surface area contributed by atoms with Crippen LogP contribution in [0.5, 0.6) is 5.75 Å². The molecule has 0 fully saturated rings. The van der Waals surface area contributed by atoms with E-state index in [0.717, 1.165) is 6.42 Å². The molecule has 0 amide bonds. The SMILES string of the molecule is CC(C)(C)c1cc(C(C)(C)C)c(O[Si](C)(C)C)c([Si](C)(C)c2cccc3c2C=CC3)c1. The molecule has 1 nitrogen and oxygen atoms in total. The zero-order chi connectivity index (χ0) is 23.4. The third-order valence-electron chi connectivity index (χ3n) is 6.34. The second-order valence-electron chi connectivity index (χ2n) is 12.7. The molecule has 1 aliphatic rings. The first kappa shape index (κ1) is 24.1. The summed E-state index contributed by atoms with van der Waals surface area (Å²) in [6.45, 7) is 25.9. The fourth-order valence-electron chi connectivity index (χ4n) is 4.48. The maximum atomic E-state index is 6.94. The van der Waals surface area contributed by atoms with Crippen molar-refractivity contribution < 1.29 is 4.43 Å². The van der Waals surface area contributed by atoms with Crippen molar-refractivity contribution in [2.45, 2.75) is 91.5 Å². The maximum absolute atomic E-state index is 6.94. The monoisotopic (exact) mass is 450 g/mol. The van der Waals surface area contributed by atoms with E-state index >= 15 is 0 Å². The molecule has 31 heavy (non-hydrogen) atoms. The third kappa shape index (κ3) is 4.93. The fraction of sp³-hybridized carbons (Fsp3) is 0.500. The van der Waals surface area contributed by atoms with Crippen LogP contribution in [0, 0.1) is 0 Å². The van der Waals surface area contributed by atoms with E-state index in [1.165, 1.54) is 38.4 Å². The molecule has 0 aliphatic heterocycles. The van der Waals surface area contributed by atoms with Gasteiger partial charge in [0.15, 0.2) is 0 Å². The van der Waals surface area contributed by atoms with Crippen molar-refractivity contribution in [3.8, 4) is 5.75 Å². The highest BCUT2D eigenvalue weighted by Gasteiger charge is 2.37. The normalized spacial score (nSPS) is 14.7. The molecule has 0 aromatic heterocycles. The Labute approximate surface area is 193 Å². The van der Waals surface area contributed by atoms with Gasteiger partial charge in [0.1, 0.15) is 13.8 Å². The molecule has 0 spiro atoms. The van der Waals surface area contributed by atoms with E-state index in [2.05, 4.69) is 117 Å². The lowest BCUT2D eigenvalue weighted by molar-refractivity contribution is 0.507. The third-order valence-corrected chi connectivity index (χ3v) is 10.7. The number of fused-ring (bicyclic) bond motifs is 1. The quantitative estimate of drug-likeness (QED) is 0.461. The van der Waals surface area contributed by atoms with Gasteiger partial charge in [-0.25, -0.2) is 0 Å². The summed E-state index contributed by atoms with van der Waals surface area (Å²) in [5.41, 5.74) is 5.81. The van der Waals surface area contributed by atoms with Crippen molar-refractivity contribution in [1.82, 2.24) is 0 Å². The van der Waals surface area contributed by atoms with Gasteiger partial charge >= 0.3 is 0 Å². The van der Waals surface area contributed by atoms with E-state index in [1.54, 1.807) is 0 Å². The molecule has 0 saturated heterocycles. The molecule has 2 aromatic carbocycles. The Bertz CT molecular complexity index is 1010. The number of benzene rings is 2. The number of hydrogen-bond donors (Lipinski definition) is 0. The van der Waals surface area contributed by atoms with Gasteiger partial charge in [-0.15, -0.1) is 0 Å². The summed E-state index contributed by atoms with van der Waals surface area (Å²) < 4.78 is 6.94. The minimum Gasteiger partial charge on any atom is -0.544 e. The number of allylic oxidation sites excluding steroid dienone is 1. The minimum absolute atomic E-state index is 0.0218. The van der Waals surface area contributed by atoms with E-state index in [9.17, 15) is 0 Å². The second-order valence-corrected chi connectivity index (χ2v) is 21.5. The molecule has 2 aromatic rings. The molecule has 0 N–H and O–H groups in total. The van der Waals surface area contributed by atoms with Crippen LogP contribution in [-0.4, -0.2) is 16.4 Å². The second kappa shape index (κ2) is 7.77. The van der Waals surface area contributed by atoms with Crippen molar-refractivity contribution in [2.75, 3.05) is 0 Å². The van der Waals surface area contributed by atoms with Gasteiger partial charge in [0.05, 0.1) is 0 Å². The minimum atomic E-state index is -2.03. The van der Waals surface area contributed by atoms with Crippen LogP contribution in [0.1, 0.15) is 63.8 Å². The lowest BCUT2D eigenvalue weighted by Gasteiger charge is -2.37. The zero-order valence-corrected chi connectivity index (χ0v) is 23.7. The zero-order valence-electron chi connectivity index (χ0n) is 21.7. The predicted octanol–water partition coefficient (Wildman–Crippen LogP) is 6.89. The lowest BCUT2D eigenvalue weighted by atomic mass is 9.80. The van der Waals surface area contributed by atoms with Gasteiger partial charge in [0, 0.05) is 0 Å². The molecule has 3 rings (SSSR count). The Morgan fingerprint density at radius 3 is 2.00 bits per heavy atom. The van der Waals surface area contributed by atoms with Crippen LogP contribution in [0.15, 0.2) is 36.4 Å². The average molecular weight is 451 g/mol. The molecule has 0 bridgehead atoms. The van der Waals surface area contributed by atoms with Crippen LogP contribution in [0.25, 0.3) is 6.08 Å². The van der Waals surface area contributed by atoms with E-state index < -0.39 is 16.4 Å².